The Labute approximate surface area is 96.6 Å². The lowest BCUT2D eigenvalue weighted by atomic mass is 10.1. The highest BCUT2D eigenvalue weighted by molar-refractivity contribution is 5.29. The number of ether oxygens (including phenoxy) is 1. The largest absolute Gasteiger partial charge is 0.371 e. The lowest BCUT2D eigenvalue weighted by Crippen LogP contribution is -2.19. The second kappa shape index (κ2) is 4.17. The van der Waals surface area contributed by atoms with Crippen LogP contribution in [0.3, 0.4) is 0 Å². The highest BCUT2D eigenvalue weighted by Gasteiger charge is 2.24. The molecule has 1 saturated carbocycles. The molecule has 1 aromatic carbocycles. The summed E-state index contributed by atoms with van der Waals surface area (Å²) in [5.41, 5.74) is 1.57. The summed E-state index contributed by atoms with van der Waals surface area (Å²) in [6.07, 6.45) is 2.41. The first kappa shape index (κ1) is 11.6. The monoisotopic (exact) mass is 222 g/mol. The van der Waals surface area contributed by atoms with Crippen LogP contribution in [0.15, 0.2) is 18.2 Å². The molecular formula is C14H19FO. The van der Waals surface area contributed by atoms with E-state index in [2.05, 4.69) is 0 Å². The smallest absolute Gasteiger partial charge is 0.129 e. The maximum Gasteiger partial charge on any atom is 0.129 e. The minimum Gasteiger partial charge on any atom is -0.371 e. The molecule has 1 aliphatic carbocycles. The molecule has 0 heterocycles. The van der Waals surface area contributed by atoms with E-state index >= 15 is 0 Å². The average molecular weight is 222 g/mol. The fourth-order valence-electron chi connectivity index (χ4n) is 1.65. The van der Waals surface area contributed by atoms with Gasteiger partial charge in [0.25, 0.3) is 0 Å². The van der Waals surface area contributed by atoms with Gasteiger partial charge in [-0.1, -0.05) is 12.1 Å². The quantitative estimate of drug-likeness (QED) is 0.750. The molecule has 1 aliphatic rings. The normalized spacial score (nSPS) is 16.5. The molecule has 0 aliphatic heterocycles. The SMILES string of the molecule is CC(C)(C)OCc1ccc(C2CC2)cc1F. The third kappa shape index (κ3) is 3.05. The molecule has 2 rings (SSSR count). The number of hydrogen-bond donors (Lipinski definition) is 0. The van der Waals surface area contributed by atoms with Crippen molar-refractivity contribution in [1.82, 2.24) is 0 Å². The Balaban J connectivity index is 2.04. The summed E-state index contributed by atoms with van der Waals surface area (Å²) in [5.74, 6) is 0.473. The first-order valence-corrected chi connectivity index (χ1v) is 5.88. The summed E-state index contributed by atoms with van der Waals surface area (Å²) in [5, 5.41) is 0. The summed E-state index contributed by atoms with van der Waals surface area (Å²) in [4.78, 5) is 0. The Kier molecular flexibility index (Phi) is 3.02. The van der Waals surface area contributed by atoms with Crippen molar-refractivity contribution in [2.45, 2.75) is 51.7 Å². The minimum absolute atomic E-state index is 0.131. The van der Waals surface area contributed by atoms with Gasteiger partial charge in [0, 0.05) is 5.56 Å². The van der Waals surface area contributed by atoms with Crippen LogP contribution in [0, 0.1) is 5.82 Å². The lowest BCUT2D eigenvalue weighted by Gasteiger charge is -2.19. The van der Waals surface area contributed by atoms with E-state index in [0.717, 1.165) is 5.56 Å². The van der Waals surface area contributed by atoms with E-state index in [1.807, 2.05) is 32.9 Å². The summed E-state index contributed by atoms with van der Waals surface area (Å²) in [6.45, 7) is 6.27. The number of rotatable bonds is 3. The lowest BCUT2D eigenvalue weighted by molar-refractivity contribution is -0.0161. The van der Waals surface area contributed by atoms with Gasteiger partial charge in [-0.2, -0.15) is 0 Å². The molecule has 0 aromatic heterocycles. The molecule has 1 aromatic rings. The van der Waals surface area contributed by atoms with Crippen LogP contribution in [0.25, 0.3) is 0 Å². The molecule has 88 valence electrons. The molecule has 0 radical (unpaired) electrons. The summed E-state index contributed by atoms with van der Waals surface area (Å²) in [7, 11) is 0. The van der Waals surface area contributed by atoms with E-state index in [1.165, 1.54) is 12.8 Å². The van der Waals surface area contributed by atoms with Gasteiger partial charge in [0.1, 0.15) is 5.82 Å². The number of benzene rings is 1. The van der Waals surface area contributed by atoms with E-state index in [4.69, 9.17) is 4.74 Å². The molecule has 0 amide bonds. The van der Waals surface area contributed by atoms with Crippen LogP contribution in [0.5, 0.6) is 0 Å². The van der Waals surface area contributed by atoms with Crippen LogP contribution in [0.1, 0.15) is 50.7 Å². The third-order valence-corrected chi connectivity index (χ3v) is 2.79. The van der Waals surface area contributed by atoms with E-state index in [0.29, 0.717) is 18.1 Å². The van der Waals surface area contributed by atoms with Crippen LogP contribution in [-0.4, -0.2) is 5.60 Å². The predicted octanol–water partition coefficient (Wildman–Crippen LogP) is 4.02. The molecule has 2 heteroatoms. The minimum atomic E-state index is -0.221. The van der Waals surface area contributed by atoms with Crippen molar-refractivity contribution in [3.05, 3.63) is 35.1 Å². The van der Waals surface area contributed by atoms with Gasteiger partial charge in [-0.15, -0.1) is 0 Å². The molecule has 16 heavy (non-hydrogen) atoms. The van der Waals surface area contributed by atoms with Crippen molar-refractivity contribution in [3.63, 3.8) is 0 Å². The van der Waals surface area contributed by atoms with Crippen molar-refractivity contribution in [2.75, 3.05) is 0 Å². The molecule has 0 N–H and O–H groups in total. The molecular weight excluding hydrogens is 203 g/mol. The van der Waals surface area contributed by atoms with Crippen molar-refractivity contribution >= 4 is 0 Å². The zero-order valence-corrected chi connectivity index (χ0v) is 10.2. The van der Waals surface area contributed by atoms with Crippen molar-refractivity contribution in [1.29, 1.82) is 0 Å². The van der Waals surface area contributed by atoms with Gasteiger partial charge in [-0.05, 0) is 51.2 Å². The van der Waals surface area contributed by atoms with Gasteiger partial charge in [0.2, 0.25) is 0 Å². The number of hydrogen-bond acceptors (Lipinski definition) is 1. The van der Waals surface area contributed by atoms with Crippen LogP contribution >= 0.6 is 0 Å². The molecule has 0 atom stereocenters. The summed E-state index contributed by atoms with van der Waals surface area (Å²) < 4.78 is 19.3. The van der Waals surface area contributed by atoms with Crippen LogP contribution < -0.4 is 0 Å². The maximum atomic E-state index is 13.7. The van der Waals surface area contributed by atoms with Crippen LogP contribution in [-0.2, 0) is 11.3 Å². The molecule has 0 unspecified atom stereocenters. The fraction of sp³-hybridized carbons (Fsp3) is 0.571. The molecule has 0 spiro atoms. The van der Waals surface area contributed by atoms with Gasteiger partial charge in [-0.25, -0.2) is 4.39 Å². The van der Waals surface area contributed by atoms with E-state index < -0.39 is 0 Å². The van der Waals surface area contributed by atoms with E-state index in [1.54, 1.807) is 6.07 Å². The molecule has 1 nitrogen and oxygen atoms in total. The number of halogens is 1. The molecule has 1 fully saturated rings. The van der Waals surface area contributed by atoms with Crippen molar-refractivity contribution < 1.29 is 9.13 Å². The maximum absolute atomic E-state index is 13.7. The van der Waals surface area contributed by atoms with Gasteiger partial charge in [-0.3, -0.25) is 0 Å². The van der Waals surface area contributed by atoms with Crippen molar-refractivity contribution in [2.24, 2.45) is 0 Å². The predicted molar refractivity (Wildman–Crippen MR) is 62.9 cm³/mol. The first-order chi connectivity index (χ1) is 7.46. The fourth-order valence-corrected chi connectivity index (χ4v) is 1.65. The van der Waals surface area contributed by atoms with Gasteiger partial charge >= 0.3 is 0 Å². The van der Waals surface area contributed by atoms with Gasteiger partial charge in [0.05, 0.1) is 12.2 Å². The first-order valence-electron chi connectivity index (χ1n) is 5.88. The van der Waals surface area contributed by atoms with Gasteiger partial charge < -0.3 is 4.74 Å². The van der Waals surface area contributed by atoms with Crippen LogP contribution in [0.4, 0.5) is 4.39 Å². The molecule has 0 bridgehead atoms. The second-order valence-electron chi connectivity index (χ2n) is 5.53. The zero-order valence-electron chi connectivity index (χ0n) is 10.2. The van der Waals surface area contributed by atoms with E-state index in [-0.39, 0.29) is 11.4 Å². The topological polar surface area (TPSA) is 9.23 Å². The van der Waals surface area contributed by atoms with Crippen molar-refractivity contribution in [3.8, 4) is 0 Å². The Morgan fingerprint density at radius 2 is 2.00 bits per heavy atom. The Hall–Kier alpha value is -0.890. The Bertz CT molecular complexity index is 375. The van der Waals surface area contributed by atoms with Crippen LogP contribution in [0.2, 0.25) is 0 Å². The highest BCUT2D eigenvalue weighted by Crippen LogP contribution is 2.40. The van der Waals surface area contributed by atoms with Gasteiger partial charge in [0.15, 0.2) is 0 Å². The summed E-state index contributed by atoms with van der Waals surface area (Å²) in [6, 6.07) is 5.55. The zero-order chi connectivity index (χ0) is 11.8. The molecule has 0 saturated heterocycles. The second-order valence-corrected chi connectivity index (χ2v) is 5.53. The Morgan fingerprint density at radius 3 is 2.50 bits per heavy atom. The third-order valence-electron chi connectivity index (χ3n) is 2.79. The standard InChI is InChI=1S/C14H19FO/c1-14(2,3)16-9-12-7-6-11(8-13(12)15)10-4-5-10/h6-8,10H,4-5,9H2,1-3H3. The highest BCUT2D eigenvalue weighted by atomic mass is 19.1. The summed E-state index contributed by atoms with van der Waals surface area (Å²) >= 11 is 0. The van der Waals surface area contributed by atoms with E-state index in [9.17, 15) is 4.39 Å². The average Bonchev–Trinajstić information content (AvgIpc) is 2.97. The Morgan fingerprint density at radius 1 is 1.31 bits per heavy atom.